The summed E-state index contributed by atoms with van der Waals surface area (Å²) >= 11 is 0. The summed E-state index contributed by atoms with van der Waals surface area (Å²) in [5.74, 6) is 1.18. The molecule has 0 atom stereocenters. The first-order valence-corrected chi connectivity index (χ1v) is 11.2. The number of hydrogen-bond donors (Lipinski definition) is 0. The molecule has 0 bridgehead atoms. The molecule has 34 heavy (non-hydrogen) atoms. The van der Waals surface area contributed by atoms with E-state index < -0.39 is 10.5 Å². The van der Waals surface area contributed by atoms with Gasteiger partial charge in [0, 0.05) is 43.6 Å². The van der Waals surface area contributed by atoms with Crippen LogP contribution in [0, 0.1) is 10.1 Å². The highest BCUT2D eigenvalue weighted by Gasteiger charge is 2.38. The predicted molar refractivity (Wildman–Crippen MR) is 129 cm³/mol. The normalized spacial score (nSPS) is 15.9. The molecule has 0 radical (unpaired) electrons. The van der Waals surface area contributed by atoms with Gasteiger partial charge in [-0.25, -0.2) is 0 Å². The molecule has 1 saturated heterocycles. The van der Waals surface area contributed by atoms with Gasteiger partial charge in [-0.15, -0.1) is 0 Å². The first kappa shape index (κ1) is 21.7. The topological polar surface area (TPSA) is 81.9 Å². The SMILES string of the molecule is O=C(COc1ccc([N+](=O)[O-])cc1)N1CCC2(C=Cc3cc(-c4ccccc4)ccc3O2)CC1. The van der Waals surface area contributed by atoms with Crippen molar-refractivity contribution in [2.75, 3.05) is 19.7 Å². The number of benzene rings is 3. The molecule has 3 aromatic carbocycles. The highest BCUT2D eigenvalue weighted by molar-refractivity contribution is 5.78. The van der Waals surface area contributed by atoms with Crippen molar-refractivity contribution in [2.24, 2.45) is 0 Å². The molecule has 0 aliphatic carbocycles. The summed E-state index contributed by atoms with van der Waals surface area (Å²) in [6.45, 7) is 1.04. The largest absolute Gasteiger partial charge is 0.484 e. The molecule has 0 saturated carbocycles. The first-order chi connectivity index (χ1) is 16.5. The highest BCUT2D eigenvalue weighted by Crippen LogP contribution is 2.38. The van der Waals surface area contributed by atoms with Crippen molar-refractivity contribution < 1.29 is 19.2 Å². The van der Waals surface area contributed by atoms with Crippen LogP contribution in [0.25, 0.3) is 17.2 Å². The number of ether oxygens (including phenoxy) is 2. The monoisotopic (exact) mass is 456 g/mol. The van der Waals surface area contributed by atoms with Gasteiger partial charge in [0.1, 0.15) is 17.1 Å². The number of nitrogens with zero attached hydrogens (tertiary/aromatic N) is 2. The zero-order chi connectivity index (χ0) is 23.5. The maximum Gasteiger partial charge on any atom is 0.269 e. The summed E-state index contributed by atoms with van der Waals surface area (Å²) < 4.78 is 12.0. The summed E-state index contributed by atoms with van der Waals surface area (Å²) in [7, 11) is 0. The van der Waals surface area contributed by atoms with Crippen LogP contribution in [0.4, 0.5) is 5.69 Å². The van der Waals surface area contributed by atoms with Crippen LogP contribution in [0.2, 0.25) is 0 Å². The lowest BCUT2D eigenvalue weighted by molar-refractivity contribution is -0.384. The molecule has 0 aromatic heterocycles. The zero-order valence-electron chi connectivity index (χ0n) is 18.6. The van der Waals surface area contributed by atoms with Crippen LogP contribution in [0.3, 0.4) is 0 Å². The lowest BCUT2D eigenvalue weighted by atomic mass is 9.87. The average molecular weight is 456 g/mol. The summed E-state index contributed by atoms with van der Waals surface area (Å²) in [5, 5.41) is 10.7. The zero-order valence-corrected chi connectivity index (χ0v) is 18.6. The summed E-state index contributed by atoms with van der Waals surface area (Å²) in [6, 6.07) is 22.2. The van der Waals surface area contributed by atoms with E-state index in [-0.39, 0.29) is 18.2 Å². The second-order valence-electron chi connectivity index (χ2n) is 8.54. The van der Waals surface area contributed by atoms with Gasteiger partial charge in [-0.3, -0.25) is 14.9 Å². The maximum atomic E-state index is 12.6. The number of nitro benzene ring substituents is 1. The van der Waals surface area contributed by atoms with E-state index in [1.165, 1.54) is 29.8 Å². The van der Waals surface area contributed by atoms with Crippen LogP contribution >= 0.6 is 0 Å². The molecule has 2 aliphatic heterocycles. The molecule has 5 rings (SSSR count). The number of hydrogen-bond acceptors (Lipinski definition) is 5. The van der Waals surface area contributed by atoms with E-state index in [2.05, 4.69) is 36.4 Å². The number of carbonyl (C=O) groups excluding carboxylic acids is 1. The van der Waals surface area contributed by atoms with E-state index in [4.69, 9.17) is 9.47 Å². The van der Waals surface area contributed by atoms with Gasteiger partial charge in [0.05, 0.1) is 4.92 Å². The van der Waals surface area contributed by atoms with Crippen LogP contribution in [-0.4, -0.2) is 41.0 Å². The average Bonchev–Trinajstić information content (AvgIpc) is 2.88. The van der Waals surface area contributed by atoms with Crippen molar-refractivity contribution in [3.63, 3.8) is 0 Å². The fourth-order valence-corrected chi connectivity index (χ4v) is 4.38. The number of fused-ring (bicyclic) bond motifs is 1. The van der Waals surface area contributed by atoms with Crippen molar-refractivity contribution in [3.05, 3.63) is 94.6 Å². The standard InChI is InChI=1S/C27H24N2O5/c30-26(19-33-24-9-7-23(8-10-24)29(31)32)28-16-14-27(15-17-28)13-12-22-18-21(6-11-25(22)34-27)20-4-2-1-3-5-20/h1-13,18H,14-17,19H2. The van der Waals surface area contributed by atoms with Crippen molar-refractivity contribution in [1.82, 2.24) is 4.90 Å². The van der Waals surface area contributed by atoms with Crippen molar-refractivity contribution in [2.45, 2.75) is 18.4 Å². The third-order valence-corrected chi connectivity index (χ3v) is 6.37. The van der Waals surface area contributed by atoms with Crippen molar-refractivity contribution >= 4 is 17.7 Å². The minimum Gasteiger partial charge on any atom is -0.484 e. The van der Waals surface area contributed by atoms with E-state index in [0.717, 1.165) is 16.9 Å². The lowest BCUT2D eigenvalue weighted by Crippen LogP contribution is -2.50. The summed E-state index contributed by atoms with van der Waals surface area (Å²) in [6.07, 6.45) is 5.65. The smallest absolute Gasteiger partial charge is 0.269 e. The molecule has 172 valence electrons. The Morgan fingerprint density at radius 3 is 2.44 bits per heavy atom. The minimum absolute atomic E-state index is 0.0154. The quantitative estimate of drug-likeness (QED) is 0.394. The van der Waals surface area contributed by atoms with Crippen LogP contribution in [0.5, 0.6) is 11.5 Å². The Morgan fingerprint density at radius 1 is 1.00 bits per heavy atom. The van der Waals surface area contributed by atoms with E-state index in [9.17, 15) is 14.9 Å². The van der Waals surface area contributed by atoms with Gasteiger partial charge in [-0.1, -0.05) is 42.5 Å². The van der Waals surface area contributed by atoms with Crippen LogP contribution in [0.15, 0.2) is 78.9 Å². The van der Waals surface area contributed by atoms with E-state index in [1.54, 1.807) is 4.90 Å². The lowest BCUT2D eigenvalue weighted by Gasteiger charge is -2.42. The molecular weight excluding hydrogens is 432 g/mol. The fraction of sp³-hybridized carbons (Fsp3) is 0.222. The fourth-order valence-electron chi connectivity index (χ4n) is 4.38. The number of non-ortho nitro benzene ring substituents is 1. The summed E-state index contributed by atoms with van der Waals surface area (Å²) in [5.41, 5.74) is 2.95. The number of amides is 1. The van der Waals surface area contributed by atoms with Gasteiger partial charge in [0.2, 0.25) is 0 Å². The number of nitro groups is 1. The van der Waals surface area contributed by atoms with E-state index in [0.29, 0.717) is 31.7 Å². The van der Waals surface area contributed by atoms with E-state index >= 15 is 0 Å². The second kappa shape index (κ2) is 9.02. The molecule has 2 heterocycles. The second-order valence-corrected chi connectivity index (χ2v) is 8.54. The molecular formula is C27H24N2O5. The van der Waals surface area contributed by atoms with Gasteiger partial charge in [0.15, 0.2) is 6.61 Å². The Morgan fingerprint density at radius 2 is 1.74 bits per heavy atom. The Hall–Kier alpha value is -4.13. The Bertz CT molecular complexity index is 1230. The van der Waals surface area contributed by atoms with Crippen LogP contribution in [-0.2, 0) is 4.79 Å². The third-order valence-electron chi connectivity index (χ3n) is 6.37. The van der Waals surface area contributed by atoms with Gasteiger partial charge >= 0.3 is 0 Å². The van der Waals surface area contributed by atoms with Gasteiger partial charge in [-0.05, 0) is 41.5 Å². The molecule has 0 unspecified atom stereocenters. The van der Waals surface area contributed by atoms with Crippen LogP contribution < -0.4 is 9.47 Å². The van der Waals surface area contributed by atoms with Gasteiger partial charge < -0.3 is 14.4 Å². The van der Waals surface area contributed by atoms with E-state index in [1.807, 2.05) is 24.3 Å². The Balaban J connectivity index is 1.17. The number of likely N-dealkylation sites (tertiary alicyclic amines) is 1. The first-order valence-electron chi connectivity index (χ1n) is 11.2. The van der Waals surface area contributed by atoms with Crippen molar-refractivity contribution in [3.8, 4) is 22.6 Å². The molecule has 7 heteroatoms. The molecule has 1 amide bonds. The molecule has 2 aliphatic rings. The Kier molecular flexibility index (Phi) is 5.76. The van der Waals surface area contributed by atoms with Gasteiger partial charge in [-0.2, -0.15) is 0 Å². The number of piperidine rings is 1. The van der Waals surface area contributed by atoms with Crippen molar-refractivity contribution in [1.29, 1.82) is 0 Å². The summed E-state index contributed by atoms with van der Waals surface area (Å²) in [4.78, 5) is 24.7. The molecule has 3 aromatic rings. The maximum absolute atomic E-state index is 12.6. The molecule has 7 nitrogen and oxygen atoms in total. The third kappa shape index (κ3) is 4.50. The van der Waals surface area contributed by atoms with Gasteiger partial charge in [0.25, 0.3) is 11.6 Å². The predicted octanol–water partition coefficient (Wildman–Crippen LogP) is 5.11. The number of rotatable bonds is 5. The number of carbonyl (C=O) groups is 1. The van der Waals surface area contributed by atoms with Crippen LogP contribution in [0.1, 0.15) is 18.4 Å². The molecule has 0 N–H and O–H groups in total. The molecule has 1 fully saturated rings. The minimum atomic E-state index is -0.471. The Labute approximate surface area is 197 Å². The molecule has 1 spiro atoms. The highest BCUT2D eigenvalue weighted by atomic mass is 16.6.